The molecule has 0 saturated heterocycles. The molecule has 5 heteroatoms. The highest BCUT2D eigenvalue weighted by molar-refractivity contribution is 5.82. The molecule has 0 rings (SSSR count). The third-order valence-electron chi connectivity index (χ3n) is 1.00. The average Bonchev–Trinajstić information content (AvgIpc) is 2.01. The lowest BCUT2D eigenvalue weighted by Gasteiger charge is -2.03. The van der Waals surface area contributed by atoms with E-state index in [0.29, 0.717) is 6.42 Å². The van der Waals surface area contributed by atoms with Crippen molar-refractivity contribution in [2.24, 2.45) is 5.73 Å². The summed E-state index contributed by atoms with van der Waals surface area (Å²) < 4.78 is 0. The van der Waals surface area contributed by atoms with E-state index >= 15 is 0 Å². The summed E-state index contributed by atoms with van der Waals surface area (Å²) in [7, 11) is 0. The molecular weight excluding hydrogens is 146 g/mol. The quantitative estimate of drug-likeness (QED) is 0.457. The van der Waals surface area contributed by atoms with Crippen molar-refractivity contribution in [3.8, 4) is 0 Å². The zero-order valence-corrected chi connectivity index (χ0v) is 6.52. The van der Waals surface area contributed by atoms with Gasteiger partial charge in [0, 0.05) is 6.42 Å². The molecule has 0 heterocycles. The van der Waals surface area contributed by atoms with Crippen molar-refractivity contribution in [3.05, 3.63) is 0 Å². The van der Waals surface area contributed by atoms with Crippen molar-refractivity contribution in [2.75, 3.05) is 6.54 Å². The van der Waals surface area contributed by atoms with Gasteiger partial charge in [0.05, 0.1) is 6.54 Å². The first-order chi connectivity index (χ1) is 5.20. The number of hydrazine groups is 1. The molecule has 5 nitrogen and oxygen atoms in total. The maximum atomic E-state index is 10.7. The summed E-state index contributed by atoms with van der Waals surface area (Å²) in [6.07, 6.45) is 1.16. The summed E-state index contributed by atoms with van der Waals surface area (Å²) in [6, 6.07) is 0. The van der Waals surface area contributed by atoms with Gasteiger partial charge in [0.1, 0.15) is 0 Å². The number of nitrogens with two attached hydrogens (primary N) is 1. The van der Waals surface area contributed by atoms with Gasteiger partial charge >= 0.3 is 0 Å². The van der Waals surface area contributed by atoms with E-state index in [1.807, 2.05) is 6.92 Å². The molecule has 0 bridgehead atoms. The maximum Gasteiger partial charge on any atom is 0.252 e. The monoisotopic (exact) mass is 159 g/mol. The maximum absolute atomic E-state index is 10.7. The Morgan fingerprint density at radius 2 is 1.82 bits per heavy atom. The Bertz CT molecular complexity index is 147. The van der Waals surface area contributed by atoms with E-state index in [9.17, 15) is 9.59 Å². The fourth-order valence-corrected chi connectivity index (χ4v) is 0.480. The second-order valence-electron chi connectivity index (χ2n) is 2.05. The van der Waals surface area contributed by atoms with E-state index in [0.717, 1.165) is 6.42 Å². The Kier molecular flexibility index (Phi) is 5.10. The van der Waals surface area contributed by atoms with Crippen LogP contribution in [0.5, 0.6) is 0 Å². The SMILES string of the molecule is CCCC(=O)NNC(=O)CN. The van der Waals surface area contributed by atoms with Gasteiger partial charge in [0.2, 0.25) is 5.91 Å². The number of rotatable bonds is 3. The van der Waals surface area contributed by atoms with Crippen molar-refractivity contribution in [1.29, 1.82) is 0 Å². The van der Waals surface area contributed by atoms with Gasteiger partial charge in [-0.25, -0.2) is 0 Å². The van der Waals surface area contributed by atoms with Crippen molar-refractivity contribution in [1.82, 2.24) is 10.9 Å². The Morgan fingerprint density at radius 3 is 2.27 bits per heavy atom. The molecule has 0 aliphatic rings. The molecule has 64 valence electrons. The van der Waals surface area contributed by atoms with Gasteiger partial charge in [0.25, 0.3) is 5.91 Å². The number of amides is 2. The largest absolute Gasteiger partial charge is 0.322 e. The predicted molar refractivity (Wildman–Crippen MR) is 40.2 cm³/mol. The smallest absolute Gasteiger partial charge is 0.252 e. The van der Waals surface area contributed by atoms with Crippen LogP contribution in [0.3, 0.4) is 0 Å². The van der Waals surface area contributed by atoms with Crippen LogP contribution in [0.1, 0.15) is 19.8 Å². The summed E-state index contributed by atoms with van der Waals surface area (Å²) in [5.41, 5.74) is 9.34. The van der Waals surface area contributed by atoms with E-state index in [1.165, 1.54) is 0 Å². The predicted octanol–water partition coefficient (Wildman–Crippen LogP) is -1.11. The molecule has 0 radical (unpaired) electrons. The van der Waals surface area contributed by atoms with E-state index in [-0.39, 0.29) is 12.5 Å². The van der Waals surface area contributed by atoms with Gasteiger partial charge in [-0.1, -0.05) is 6.92 Å². The van der Waals surface area contributed by atoms with E-state index in [1.54, 1.807) is 0 Å². The van der Waals surface area contributed by atoms with Crippen LogP contribution in [0.4, 0.5) is 0 Å². The van der Waals surface area contributed by atoms with Crippen LogP contribution >= 0.6 is 0 Å². The normalized spacial score (nSPS) is 8.91. The first-order valence-electron chi connectivity index (χ1n) is 3.48. The van der Waals surface area contributed by atoms with Gasteiger partial charge < -0.3 is 5.73 Å². The molecule has 0 aromatic rings. The fraction of sp³-hybridized carbons (Fsp3) is 0.667. The molecule has 0 spiro atoms. The number of carbonyl (C=O) groups is 2. The highest BCUT2D eigenvalue weighted by Crippen LogP contribution is 1.82. The number of hydrogen-bond acceptors (Lipinski definition) is 3. The zero-order valence-electron chi connectivity index (χ0n) is 6.52. The van der Waals surface area contributed by atoms with Gasteiger partial charge in [-0.3, -0.25) is 20.4 Å². The first-order valence-corrected chi connectivity index (χ1v) is 3.48. The molecule has 0 aromatic heterocycles. The van der Waals surface area contributed by atoms with Crippen LogP contribution in [0, 0.1) is 0 Å². The van der Waals surface area contributed by atoms with Crippen molar-refractivity contribution in [2.45, 2.75) is 19.8 Å². The molecular formula is C6H13N3O2. The lowest BCUT2D eigenvalue weighted by molar-refractivity contribution is -0.128. The van der Waals surface area contributed by atoms with Crippen molar-refractivity contribution >= 4 is 11.8 Å². The van der Waals surface area contributed by atoms with Gasteiger partial charge in [-0.05, 0) is 6.42 Å². The second-order valence-corrected chi connectivity index (χ2v) is 2.05. The summed E-state index contributed by atoms with van der Waals surface area (Å²) in [5, 5.41) is 0. The standard InChI is InChI=1S/C6H13N3O2/c1-2-3-5(10)8-9-6(11)4-7/h2-4,7H2,1H3,(H,8,10)(H,9,11). The lowest BCUT2D eigenvalue weighted by Crippen LogP contribution is -2.44. The highest BCUT2D eigenvalue weighted by atomic mass is 16.2. The molecule has 0 aliphatic heterocycles. The minimum atomic E-state index is -0.394. The van der Waals surface area contributed by atoms with Crippen molar-refractivity contribution in [3.63, 3.8) is 0 Å². The fourth-order valence-electron chi connectivity index (χ4n) is 0.480. The van der Waals surface area contributed by atoms with Crippen LogP contribution in [0.15, 0.2) is 0 Å². The third kappa shape index (κ3) is 5.35. The summed E-state index contributed by atoms with van der Waals surface area (Å²) in [5.74, 6) is -0.594. The summed E-state index contributed by atoms with van der Waals surface area (Å²) in [6.45, 7) is 1.76. The van der Waals surface area contributed by atoms with Crippen LogP contribution < -0.4 is 16.6 Å². The van der Waals surface area contributed by atoms with E-state index in [2.05, 4.69) is 10.9 Å². The molecule has 0 aliphatic carbocycles. The average molecular weight is 159 g/mol. The molecule has 11 heavy (non-hydrogen) atoms. The minimum Gasteiger partial charge on any atom is -0.322 e. The second kappa shape index (κ2) is 5.67. The molecule has 0 saturated carbocycles. The van der Waals surface area contributed by atoms with E-state index in [4.69, 9.17) is 5.73 Å². The van der Waals surface area contributed by atoms with Gasteiger partial charge in [-0.15, -0.1) is 0 Å². The minimum absolute atomic E-state index is 0.119. The molecule has 0 aromatic carbocycles. The number of carbonyl (C=O) groups excluding carboxylic acids is 2. The Balaban J connectivity index is 3.38. The van der Waals surface area contributed by atoms with Crippen LogP contribution in [0.2, 0.25) is 0 Å². The summed E-state index contributed by atoms with van der Waals surface area (Å²) >= 11 is 0. The molecule has 4 N–H and O–H groups in total. The van der Waals surface area contributed by atoms with Crippen LogP contribution in [-0.2, 0) is 9.59 Å². The lowest BCUT2D eigenvalue weighted by atomic mass is 10.3. The summed E-state index contributed by atoms with van der Waals surface area (Å²) in [4.78, 5) is 21.2. The number of nitrogens with one attached hydrogen (secondary N) is 2. The third-order valence-corrected chi connectivity index (χ3v) is 1.00. The zero-order chi connectivity index (χ0) is 8.69. The van der Waals surface area contributed by atoms with E-state index < -0.39 is 5.91 Å². The van der Waals surface area contributed by atoms with Gasteiger partial charge in [0.15, 0.2) is 0 Å². The Hall–Kier alpha value is -1.10. The molecule has 2 amide bonds. The molecule has 0 unspecified atom stereocenters. The van der Waals surface area contributed by atoms with Gasteiger partial charge in [-0.2, -0.15) is 0 Å². The first kappa shape index (κ1) is 9.90. The Morgan fingerprint density at radius 1 is 1.27 bits per heavy atom. The number of hydrogen-bond donors (Lipinski definition) is 3. The highest BCUT2D eigenvalue weighted by Gasteiger charge is 1.99. The molecule has 0 atom stereocenters. The van der Waals surface area contributed by atoms with Crippen molar-refractivity contribution < 1.29 is 9.59 Å². The Labute approximate surface area is 65.3 Å². The van der Waals surface area contributed by atoms with Crippen LogP contribution in [-0.4, -0.2) is 18.4 Å². The van der Waals surface area contributed by atoms with Crippen LogP contribution in [0.25, 0.3) is 0 Å². The topological polar surface area (TPSA) is 84.2 Å². The molecule has 0 fully saturated rings.